The Labute approximate surface area is 174 Å². The van der Waals surface area contributed by atoms with E-state index in [1.807, 2.05) is 30.3 Å². The minimum absolute atomic E-state index is 0.104. The number of aromatic nitrogens is 1. The molecular weight excluding hydrogens is 398 g/mol. The highest BCUT2D eigenvalue weighted by Crippen LogP contribution is 2.34. The molecule has 0 aliphatic carbocycles. The topological polar surface area (TPSA) is 66.4 Å². The summed E-state index contributed by atoms with van der Waals surface area (Å²) in [5, 5.41) is 0. The van der Waals surface area contributed by atoms with Crippen LogP contribution in [0.2, 0.25) is 0 Å². The van der Waals surface area contributed by atoms with Gasteiger partial charge in [-0.15, -0.1) is 4.72 Å². The van der Waals surface area contributed by atoms with Crippen LogP contribution in [0.3, 0.4) is 0 Å². The van der Waals surface area contributed by atoms with Crippen LogP contribution in [0, 0.1) is 0 Å². The van der Waals surface area contributed by atoms with Crippen molar-refractivity contribution >= 4 is 11.4 Å². The fourth-order valence-corrected chi connectivity index (χ4v) is 3.45. The molecule has 0 radical (unpaired) electrons. The number of alkyl halides is 2. The van der Waals surface area contributed by atoms with Crippen molar-refractivity contribution < 1.29 is 22.8 Å². The van der Waals surface area contributed by atoms with Crippen molar-refractivity contribution in [3.05, 3.63) is 66.0 Å². The van der Waals surface area contributed by atoms with Gasteiger partial charge in [0.1, 0.15) is 16.5 Å². The molecule has 2 aromatic rings. The third-order valence-electron chi connectivity index (χ3n) is 4.26. The van der Waals surface area contributed by atoms with E-state index in [0.29, 0.717) is 0 Å². The molecule has 3 atom stereocenters. The quantitative estimate of drug-likeness (QED) is 0.585. The Bertz CT molecular complexity index is 730. The van der Waals surface area contributed by atoms with Gasteiger partial charge in [0.05, 0.1) is 13.2 Å². The van der Waals surface area contributed by atoms with Crippen LogP contribution in [-0.4, -0.2) is 40.1 Å². The highest BCUT2D eigenvalue weighted by atomic mass is 32.2. The number of hydrogen-bond acceptors (Lipinski definition) is 5. The SMILES string of the molecule is CO[C@H](COCc1ccccc1)[C@H](N[S+]([O-])C(C)(C)C)C(F)(F)c1ccccn1. The fourth-order valence-electron chi connectivity index (χ4n) is 2.56. The van der Waals surface area contributed by atoms with Gasteiger partial charge in [-0.25, -0.2) is 0 Å². The van der Waals surface area contributed by atoms with E-state index in [0.717, 1.165) is 5.56 Å². The molecule has 0 saturated heterocycles. The molecule has 29 heavy (non-hydrogen) atoms. The van der Waals surface area contributed by atoms with Crippen molar-refractivity contribution in [1.82, 2.24) is 9.71 Å². The summed E-state index contributed by atoms with van der Waals surface area (Å²) >= 11 is -1.74. The van der Waals surface area contributed by atoms with E-state index in [1.54, 1.807) is 26.8 Å². The first-order valence-corrected chi connectivity index (χ1v) is 10.4. The van der Waals surface area contributed by atoms with E-state index in [9.17, 15) is 4.55 Å². The highest BCUT2D eigenvalue weighted by Gasteiger charge is 2.51. The van der Waals surface area contributed by atoms with E-state index in [-0.39, 0.29) is 13.2 Å². The van der Waals surface area contributed by atoms with Crippen molar-refractivity contribution in [3.63, 3.8) is 0 Å². The van der Waals surface area contributed by atoms with Gasteiger partial charge in [0, 0.05) is 24.7 Å². The summed E-state index contributed by atoms with van der Waals surface area (Å²) in [6.07, 6.45) is 0.247. The molecule has 2 rings (SSSR count). The molecule has 1 heterocycles. The van der Waals surface area contributed by atoms with Crippen LogP contribution in [-0.2, 0) is 33.4 Å². The minimum atomic E-state index is -3.43. The maximum atomic E-state index is 15.4. The third kappa shape index (κ3) is 6.72. The second kappa shape index (κ2) is 10.4. The number of ether oxygens (including phenoxy) is 2. The van der Waals surface area contributed by atoms with E-state index in [1.165, 1.54) is 25.4 Å². The van der Waals surface area contributed by atoms with Crippen LogP contribution in [0.5, 0.6) is 0 Å². The third-order valence-corrected chi connectivity index (χ3v) is 5.84. The molecular formula is C21H28F2N2O3S. The first-order valence-electron chi connectivity index (χ1n) is 9.28. The number of pyridine rings is 1. The van der Waals surface area contributed by atoms with Gasteiger partial charge in [-0.3, -0.25) is 4.98 Å². The number of rotatable bonds is 10. The van der Waals surface area contributed by atoms with Gasteiger partial charge in [-0.1, -0.05) is 36.4 Å². The average molecular weight is 427 g/mol. The van der Waals surface area contributed by atoms with Crippen LogP contribution < -0.4 is 4.72 Å². The van der Waals surface area contributed by atoms with Crippen LogP contribution in [0.25, 0.3) is 0 Å². The van der Waals surface area contributed by atoms with Crippen molar-refractivity contribution in [2.75, 3.05) is 13.7 Å². The molecule has 0 fully saturated rings. The summed E-state index contributed by atoms with van der Waals surface area (Å²) in [5.41, 5.74) is 0.495. The standard InChI is InChI=1S/C21H28F2N2O3S/c1-20(2,3)29(26)25-19(21(22,23)18-12-8-9-13-24-18)17(27-4)15-28-14-16-10-6-5-7-11-16/h5-13,17,19,25H,14-15H2,1-4H3/t17-,19+,29?/m1/s1. The summed E-state index contributed by atoms with van der Waals surface area (Å²) in [5.74, 6) is -3.43. The molecule has 1 aromatic carbocycles. The Morgan fingerprint density at radius 3 is 2.31 bits per heavy atom. The minimum Gasteiger partial charge on any atom is -0.598 e. The predicted molar refractivity (Wildman–Crippen MR) is 110 cm³/mol. The zero-order chi connectivity index (χ0) is 21.5. The number of hydrogen-bond donors (Lipinski definition) is 1. The van der Waals surface area contributed by atoms with Crippen molar-refractivity contribution in [3.8, 4) is 0 Å². The predicted octanol–water partition coefficient (Wildman–Crippen LogP) is 3.83. The summed E-state index contributed by atoms with van der Waals surface area (Å²) in [7, 11) is 1.33. The van der Waals surface area contributed by atoms with E-state index in [2.05, 4.69) is 9.71 Å². The summed E-state index contributed by atoms with van der Waals surface area (Å²) in [6.45, 7) is 5.27. The van der Waals surface area contributed by atoms with Crippen LogP contribution in [0.1, 0.15) is 32.0 Å². The number of halogens is 2. The second-order valence-electron chi connectivity index (χ2n) is 7.59. The lowest BCUT2D eigenvalue weighted by Gasteiger charge is -2.35. The molecule has 0 aliphatic rings. The Hall–Kier alpha value is -1.58. The first kappa shape index (κ1) is 23.7. The molecule has 0 spiro atoms. The zero-order valence-corrected chi connectivity index (χ0v) is 17.9. The Balaban J connectivity index is 2.21. The molecule has 0 bridgehead atoms. The second-order valence-corrected chi connectivity index (χ2v) is 9.59. The number of nitrogens with zero attached hydrogens (tertiary/aromatic N) is 1. The van der Waals surface area contributed by atoms with E-state index >= 15 is 8.78 Å². The maximum absolute atomic E-state index is 15.4. The average Bonchev–Trinajstić information content (AvgIpc) is 2.70. The lowest BCUT2D eigenvalue weighted by atomic mass is 10.0. The molecule has 8 heteroatoms. The smallest absolute Gasteiger partial charge is 0.311 e. The van der Waals surface area contributed by atoms with Gasteiger partial charge in [-0.2, -0.15) is 8.78 Å². The largest absolute Gasteiger partial charge is 0.598 e. The lowest BCUT2D eigenvalue weighted by molar-refractivity contribution is -0.110. The Morgan fingerprint density at radius 2 is 1.76 bits per heavy atom. The Morgan fingerprint density at radius 1 is 1.10 bits per heavy atom. The van der Waals surface area contributed by atoms with Gasteiger partial charge in [-0.05, 0) is 38.5 Å². The molecule has 160 valence electrons. The monoisotopic (exact) mass is 426 g/mol. The lowest BCUT2D eigenvalue weighted by Crippen LogP contribution is -2.58. The van der Waals surface area contributed by atoms with Gasteiger partial charge in [0.15, 0.2) is 6.04 Å². The molecule has 1 N–H and O–H groups in total. The van der Waals surface area contributed by atoms with Gasteiger partial charge in [0.25, 0.3) is 0 Å². The number of benzene rings is 1. The molecule has 0 aliphatic heterocycles. The van der Waals surface area contributed by atoms with E-state index < -0.39 is 39.9 Å². The van der Waals surface area contributed by atoms with Crippen molar-refractivity contribution in [1.29, 1.82) is 0 Å². The zero-order valence-electron chi connectivity index (χ0n) is 17.1. The van der Waals surface area contributed by atoms with Gasteiger partial charge in [0.2, 0.25) is 0 Å². The van der Waals surface area contributed by atoms with Gasteiger partial charge >= 0.3 is 5.92 Å². The fraction of sp³-hybridized carbons (Fsp3) is 0.476. The summed E-state index contributed by atoms with van der Waals surface area (Å²) in [6, 6.07) is 12.1. The molecule has 1 unspecified atom stereocenters. The normalized spacial score (nSPS) is 15.7. The van der Waals surface area contributed by atoms with Crippen LogP contribution in [0.15, 0.2) is 54.7 Å². The van der Waals surface area contributed by atoms with Crippen molar-refractivity contribution in [2.24, 2.45) is 0 Å². The summed E-state index contributed by atoms with van der Waals surface area (Å²) in [4.78, 5) is 3.80. The molecule has 5 nitrogen and oxygen atoms in total. The maximum Gasteiger partial charge on any atom is 0.311 e. The Kier molecular flexibility index (Phi) is 8.54. The van der Waals surface area contributed by atoms with E-state index in [4.69, 9.17) is 9.47 Å². The van der Waals surface area contributed by atoms with Crippen LogP contribution in [0.4, 0.5) is 8.78 Å². The highest BCUT2D eigenvalue weighted by molar-refractivity contribution is 7.90. The number of methoxy groups -OCH3 is 1. The summed E-state index contributed by atoms with van der Waals surface area (Å²) < 4.78 is 56.2. The van der Waals surface area contributed by atoms with Crippen LogP contribution >= 0.6 is 0 Å². The molecule has 0 amide bonds. The molecule has 1 aromatic heterocycles. The molecule has 0 saturated carbocycles. The van der Waals surface area contributed by atoms with Crippen molar-refractivity contribution in [2.45, 2.75) is 50.2 Å². The first-order chi connectivity index (χ1) is 13.7. The number of nitrogens with one attached hydrogen (secondary N) is 1. The van der Waals surface area contributed by atoms with Gasteiger partial charge < -0.3 is 14.0 Å².